The lowest BCUT2D eigenvalue weighted by atomic mass is 9.95. The van der Waals surface area contributed by atoms with Crippen LogP contribution < -0.4 is 10.6 Å². The molecule has 4 nitrogen and oxygen atoms in total. The van der Waals surface area contributed by atoms with E-state index >= 15 is 0 Å². The first-order chi connectivity index (χ1) is 22.5. The van der Waals surface area contributed by atoms with Crippen molar-refractivity contribution in [3.63, 3.8) is 0 Å². The number of likely N-dealkylation sites (tertiary alicyclic amines) is 1. The summed E-state index contributed by atoms with van der Waals surface area (Å²) in [6.45, 7) is 28.3. The van der Waals surface area contributed by atoms with E-state index in [2.05, 4.69) is 90.7 Å². The maximum Gasteiger partial charge on any atom is 0.149 e. The molecule has 0 atom stereocenters. The summed E-state index contributed by atoms with van der Waals surface area (Å²) < 4.78 is 13.8. The Balaban J connectivity index is 0.000000244. The van der Waals surface area contributed by atoms with Crippen LogP contribution in [0.25, 0.3) is 11.3 Å². The minimum absolute atomic E-state index is 0.272. The van der Waals surface area contributed by atoms with E-state index in [-0.39, 0.29) is 5.82 Å². The fourth-order valence-corrected chi connectivity index (χ4v) is 5.15. The van der Waals surface area contributed by atoms with Gasteiger partial charge in [0.15, 0.2) is 0 Å². The van der Waals surface area contributed by atoms with Gasteiger partial charge in [0.25, 0.3) is 0 Å². The number of allylic oxidation sites excluding steroid dienone is 4. The molecule has 2 heterocycles. The van der Waals surface area contributed by atoms with E-state index in [1.807, 2.05) is 65.0 Å². The van der Waals surface area contributed by atoms with Crippen LogP contribution in [-0.4, -0.2) is 24.2 Å². The van der Waals surface area contributed by atoms with Gasteiger partial charge >= 0.3 is 0 Å². The number of aliphatic imine (C=N–C) groups is 1. The van der Waals surface area contributed by atoms with Crippen LogP contribution in [0.3, 0.4) is 0 Å². The standard InChI is InChI=1S/C16H19N.C15H18FN.C9H10N2.C2H6/c1-5-14-7-8-15(6-2)16(9-14)13(4)17-10-12(3)11-17;1-5-7-8-11(3)13-9-12(4)15(17-6-2)14(16)10-13;1-6-3-4-8-9(5-6)11-7(2)10-8;1-2/h1,7-9,12H,4,6,10-11H2,2-3H3;5-10H,1-4H3;3-5,10-11H,2H2,1H3;1-2H3/b;7-5-,11-8+,17-6?;;. The second kappa shape index (κ2) is 19.0. The van der Waals surface area contributed by atoms with Crippen molar-refractivity contribution in [2.75, 3.05) is 23.7 Å². The van der Waals surface area contributed by atoms with Crippen molar-refractivity contribution >= 4 is 34.5 Å². The van der Waals surface area contributed by atoms with Crippen LogP contribution in [-0.2, 0) is 6.42 Å². The van der Waals surface area contributed by atoms with E-state index in [4.69, 9.17) is 6.42 Å². The van der Waals surface area contributed by atoms with Gasteiger partial charge in [0.05, 0.1) is 11.4 Å². The van der Waals surface area contributed by atoms with E-state index < -0.39 is 0 Å². The monoisotopic (exact) mass is 632 g/mol. The number of hydrogen-bond acceptors (Lipinski definition) is 4. The first-order valence-corrected chi connectivity index (χ1v) is 16.5. The predicted octanol–water partition coefficient (Wildman–Crippen LogP) is 11.3. The molecule has 3 aromatic carbocycles. The Hall–Kier alpha value is -4.82. The van der Waals surface area contributed by atoms with E-state index in [0.717, 1.165) is 70.6 Å². The van der Waals surface area contributed by atoms with Gasteiger partial charge in [-0.05, 0) is 111 Å². The molecule has 3 aromatic rings. The van der Waals surface area contributed by atoms with Gasteiger partial charge in [-0.1, -0.05) is 77.1 Å². The fourth-order valence-electron chi connectivity index (χ4n) is 5.15. The van der Waals surface area contributed by atoms with E-state index in [9.17, 15) is 4.39 Å². The second-order valence-electron chi connectivity index (χ2n) is 11.5. The van der Waals surface area contributed by atoms with Crippen molar-refractivity contribution in [1.29, 1.82) is 0 Å². The number of halogens is 1. The highest BCUT2D eigenvalue weighted by atomic mass is 19.1. The van der Waals surface area contributed by atoms with Gasteiger partial charge in [-0.3, -0.25) is 4.99 Å². The maximum absolute atomic E-state index is 13.8. The van der Waals surface area contributed by atoms with Crippen LogP contribution in [0.5, 0.6) is 0 Å². The summed E-state index contributed by atoms with van der Waals surface area (Å²) in [6, 6.07) is 15.9. The number of anilines is 2. The summed E-state index contributed by atoms with van der Waals surface area (Å²) in [6.07, 6.45) is 13.9. The minimum atomic E-state index is -0.272. The SMILES string of the molecule is C#Cc1ccc(CC)c(C(=C)N2CC(C)C2)c1.C=C1Nc2ccc(C)cc2N1.CC.CC=Nc1c(C)cc(/C(C)=C/C=C\C)cc1F. The van der Waals surface area contributed by atoms with Crippen molar-refractivity contribution in [2.24, 2.45) is 10.9 Å². The van der Waals surface area contributed by atoms with Gasteiger partial charge in [0, 0.05) is 36.1 Å². The van der Waals surface area contributed by atoms with Gasteiger partial charge in [-0.15, -0.1) is 6.42 Å². The molecular formula is C42H53FN4. The molecule has 2 aliphatic rings. The van der Waals surface area contributed by atoms with E-state index in [1.165, 1.54) is 22.8 Å². The van der Waals surface area contributed by atoms with E-state index in [1.54, 1.807) is 13.1 Å². The summed E-state index contributed by atoms with van der Waals surface area (Å²) in [5.41, 5.74) is 11.3. The highest BCUT2D eigenvalue weighted by Crippen LogP contribution is 2.31. The minimum Gasteiger partial charge on any atom is -0.371 e. The quantitative estimate of drug-likeness (QED) is 0.161. The fraction of sp³-hybridized carbons (Fsp3) is 0.310. The summed E-state index contributed by atoms with van der Waals surface area (Å²) in [5, 5.41) is 6.25. The molecule has 0 aromatic heterocycles. The molecule has 0 saturated carbocycles. The number of nitrogens with zero attached hydrogens (tertiary/aromatic N) is 2. The average molecular weight is 633 g/mol. The Morgan fingerprint density at radius 2 is 1.74 bits per heavy atom. The van der Waals surface area contributed by atoms with Crippen molar-refractivity contribution in [2.45, 2.75) is 68.7 Å². The van der Waals surface area contributed by atoms with Crippen LogP contribution >= 0.6 is 0 Å². The molecule has 5 rings (SSSR count). The Morgan fingerprint density at radius 3 is 2.32 bits per heavy atom. The number of nitrogens with one attached hydrogen (secondary N) is 2. The van der Waals surface area contributed by atoms with Crippen molar-refractivity contribution in [1.82, 2.24) is 4.90 Å². The number of fused-ring (bicyclic) bond motifs is 1. The number of terminal acetylenes is 1. The van der Waals surface area contributed by atoms with Crippen LogP contribution in [0.1, 0.15) is 81.8 Å². The third kappa shape index (κ3) is 10.9. The molecule has 0 bridgehead atoms. The highest BCUT2D eigenvalue weighted by molar-refractivity contribution is 5.79. The zero-order chi connectivity index (χ0) is 35.1. The largest absolute Gasteiger partial charge is 0.371 e. The Labute approximate surface area is 283 Å². The molecular weight excluding hydrogens is 579 g/mol. The van der Waals surface area contributed by atoms with Crippen molar-refractivity contribution < 1.29 is 4.39 Å². The van der Waals surface area contributed by atoms with Crippen LogP contribution in [0.2, 0.25) is 0 Å². The van der Waals surface area contributed by atoms with Gasteiger partial charge < -0.3 is 15.5 Å². The number of rotatable bonds is 6. The normalized spacial score (nSPS) is 13.5. The Bertz CT molecular complexity index is 1640. The van der Waals surface area contributed by atoms with Gasteiger partial charge in [0.1, 0.15) is 17.3 Å². The van der Waals surface area contributed by atoms with Gasteiger partial charge in [0.2, 0.25) is 0 Å². The lowest BCUT2D eigenvalue weighted by Gasteiger charge is -2.41. The van der Waals surface area contributed by atoms with Crippen molar-refractivity contribution in [3.8, 4) is 12.3 Å². The molecule has 1 saturated heterocycles. The van der Waals surface area contributed by atoms with Crippen LogP contribution in [0, 0.1) is 37.9 Å². The molecule has 1 fully saturated rings. The van der Waals surface area contributed by atoms with Crippen LogP contribution in [0.4, 0.5) is 21.5 Å². The Kier molecular flexibility index (Phi) is 15.5. The Morgan fingerprint density at radius 1 is 1.06 bits per heavy atom. The van der Waals surface area contributed by atoms with Gasteiger partial charge in [-0.25, -0.2) is 4.39 Å². The number of hydrogen-bond donors (Lipinski definition) is 2. The zero-order valence-corrected chi connectivity index (χ0v) is 29.9. The molecule has 5 heteroatoms. The van der Waals surface area contributed by atoms with E-state index in [0.29, 0.717) is 5.69 Å². The number of aryl methyl sites for hydroxylation is 3. The summed E-state index contributed by atoms with van der Waals surface area (Å²) in [7, 11) is 0. The summed E-state index contributed by atoms with van der Waals surface area (Å²) >= 11 is 0. The summed E-state index contributed by atoms with van der Waals surface area (Å²) in [4.78, 5) is 6.37. The first-order valence-electron chi connectivity index (χ1n) is 16.5. The molecule has 2 aliphatic heterocycles. The molecule has 0 amide bonds. The molecule has 0 unspecified atom stereocenters. The second-order valence-corrected chi connectivity index (χ2v) is 11.5. The third-order valence-electron chi connectivity index (χ3n) is 7.67. The maximum atomic E-state index is 13.8. The van der Waals surface area contributed by atoms with Gasteiger partial charge in [-0.2, -0.15) is 0 Å². The molecule has 2 N–H and O–H groups in total. The average Bonchev–Trinajstić information content (AvgIpc) is 3.43. The lowest BCUT2D eigenvalue weighted by Crippen LogP contribution is -2.43. The van der Waals surface area contributed by atoms with Crippen molar-refractivity contribution in [3.05, 3.63) is 125 Å². The predicted molar refractivity (Wildman–Crippen MR) is 206 cm³/mol. The lowest BCUT2D eigenvalue weighted by molar-refractivity contribution is 0.191. The number of benzene rings is 3. The highest BCUT2D eigenvalue weighted by Gasteiger charge is 2.25. The topological polar surface area (TPSA) is 39.7 Å². The third-order valence-corrected chi connectivity index (χ3v) is 7.67. The zero-order valence-electron chi connectivity index (χ0n) is 29.9. The molecule has 47 heavy (non-hydrogen) atoms. The first kappa shape index (κ1) is 38.4. The smallest absolute Gasteiger partial charge is 0.149 e. The van der Waals surface area contributed by atoms with Crippen LogP contribution in [0.15, 0.2) is 90.7 Å². The molecule has 0 aliphatic carbocycles. The summed E-state index contributed by atoms with van der Waals surface area (Å²) in [5.74, 6) is 4.06. The molecule has 248 valence electrons. The molecule has 0 radical (unpaired) electrons. The molecule has 0 spiro atoms.